The maximum absolute atomic E-state index is 11.9. The van der Waals surface area contributed by atoms with Crippen LogP contribution in [0.2, 0.25) is 0 Å². The van der Waals surface area contributed by atoms with Crippen LogP contribution in [0.5, 0.6) is 0 Å². The second-order valence-corrected chi connectivity index (χ2v) is 4.86. The molecule has 2 aliphatic rings. The van der Waals surface area contributed by atoms with Gasteiger partial charge in [0.1, 0.15) is 0 Å². The number of likely N-dealkylation sites (tertiary alicyclic amines) is 1. The Bertz CT molecular complexity index is 281. The van der Waals surface area contributed by atoms with Crippen LogP contribution in [0.15, 0.2) is 0 Å². The van der Waals surface area contributed by atoms with Crippen LogP contribution in [0.4, 0.5) is 4.79 Å². The van der Waals surface area contributed by atoms with Crippen molar-refractivity contribution in [2.45, 2.75) is 44.6 Å². The molecular weight excluding hydrogens is 200 g/mol. The van der Waals surface area contributed by atoms with Gasteiger partial charge in [0.25, 0.3) is 0 Å². The van der Waals surface area contributed by atoms with E-state index in [9.17, 15) is 4.79 Å². The fraction of sp³-hybridized carbons (Fsp3) is 0.769. The smallest absolute Gasteiger partial charge is 0.317 e. The fourth-order valence-corrected chi connectivity index (χ4v) is 2.59. The molecule has 1 N–H and O–H groups in total. The van der Waals surface area contributed by atoms with Gasteiger partial charge >= 0.3 is 6.03 Å². The Hall–Kier alpha value is -1.17. The van der Waals surface area contributed by atoms with Crippen LogP contribution in [-0.2, 0) is 0 Å². The SMILES string of the molecule is C#CC1CCN(C(=O)NC2CCCC2)CC1. The van der Waals surface area contributed by atoms with Crippen LogP contribution in [0.3, 0.4) is 0 Å². The third-order valence-electron chi connectivity index (χ3n) is 3.70. The zero-order valence-electron chi connectivity index (χ0n) is 9.74. The lowest BCUT2D eigenvalue weighted by molar-refractivity contribution is 0.175. The maximum Gasteiger partial charge on any atom is 0.317 e. The summed E-state index contributed by atoms with van der Waals surface area (Å²) >= 11 is 0. The molecule has 2 fully saturated rings. The Balaban J connectivity index is 1.75. The molecule has 0 aromatic heterocycles. The summed E-state index contributed by atoms with van der Waals surface area (Å²) in [7, 11) is 0. The highest BCUT2D eigenvalue weighted by atomic mass is 16.2. The van der Waals surface area contributed by atoms with Gasteiger partial charge in [-0.2, -0.15) is 0 Å². The molecule has 1 saturated heterocycles. The van der Waals surface area contributed by atoms with Crippen molar-refractivity contribution in [3.63, 3.8) is 0 Å². The van der Waals surface area contributed by atoms with E-state index in [0.29, 0.717) is 12.0 Å². The van der Waals surface area contributed by atoms with Crippen LogP contribution in [0.25, 0.3) is 0 Å². The van der Waals surface area contributed by atoms with E-state index in [0.717, 1.165) is 38.8 Å². The molecule has 0 atom stereocenters. The summed E-state index contributed by atoms with van der Waals surface area (Å²) in [6.45, 7) is 1.63. The third kappa shape index (κ3) is 2.69. The fourth-order valence-electron chi connectivity index (χ4n) is 2.59. The summed E-state index contributed by atoms with van der Waals surface area (Å²) in [5.74, 6) is 3.15. The number of piperidine rings is 1. The highest BCUT2D eigenvalue weighted by molar-refractivity contribution is 5.74. The minimum Gasteiger partial charge on any atom is -0.335 e. The first-order chi connectivity index (χ1) is 7.79. The van der Waals surface area contributed by atoms with Crippen LogP contribution >= 0.6 is 0 Å². The number of nitrogens with one attached hydrogen (secondary N) is 1. The number of hydrogen-bond donors (Lipinski definition) is 1. The highest BCUT2D eigenvalue weighted by Gasteiger charge is 2.24. The summed E-state index contributed by atoms with van der Waals surface area (Å²) in [4.78, 5) is 13.8. The van der Waals surface area contributed by atoms with Crippen molar-refractivity contribution in [1.82, 2.24) is 10.2 Å². The van der Waals surface area contributed by atoms with Crippen molar-refractivity contribution in [1.29, 1.82) is 0 Å². The normalized spacial score (nSPS) is 23.1. The van der Waals surface area contributed by atoms with Crippen molar-refractivity contribution in [2.24, 2.45) is 5.92 Å². The van der Waals surface area contributed by atoms with Crippen molar-refractivity contribution in [2.75, 3.05) is 13.1 Å². The molecule has 1 aliphatic heterocycles. The average Bonchev–Trinajstić information content (AvgIpc) is 2.82. The quantitative estimate of drug-likeness (QED) is 0.673. The van der Waals surface area contributed by atoms with Gasteiger partial charge < -0.3 is 10.2 Å². The van der Waals surface area contributed by atoms with Gasteiger partial charge in [0.15, 0.2) is 0 Å². The lowest BCUT2D eigenvalue weighted by atomic mass is 9.98. The van der Waals surface area contributed by atoms with Gasteiger partial charge in [-0.25, -0.2) is 4.79 Å². The number of nitrogens with zero attached hydrogens (tertiary/aromatic N) is 1. The van der Waals surface area contributed by atoms with E-state index in [1.807, 2.05) is 4.90 Å². The van der Waals surface area contributed by atoms with Crippen molar-refractivity contribution in [3.05, 3.63) is 0 Å². The molecule has 1 aliphatic carbocycles. The van der Waals surface area contributed by atoms with Crippen molar-refractivity contribution < 1.29 is 4.79 Å². The summed E-state index contributed by atoms with van der Waals surface area (Å²) in [6, 6.07) is 0.528. The van der Waals surface area contributed by atoms with E-state index in [1.54, 1.807) is 0 Å². The molecule has 3 nitrogen and oxygen atoms in total. The Labute approximate surface area is 97.6 Å². The van der Waals surface area contributed by atoms with Gasteiger partial charge in [0.05, 0.1) is 0 Å². The van der Waals surface area contributed by atoms with E-state index in [2.05, 4.69) is 11.2 Å². The number of amides is 2. The van der Waals surface area contributed by atoms with Gasteiger partial charge in [-0.1, -0.05) is 12.8 Å². The lowest BCUT2D eigenvalue weighted by Crippen LogP contribution is -2.47. The topological polar surface area (TPSA) is 32.3 Å². The zero-order valence-corrected chi connectivity index (χ0v) is 9.74. The lowest BCUT2D eigenvalue weighted by Gasteiger charge is -2.30. The van der Waals surface area contributed by atoms with E-state index < -0.39 is 0 Å². The first-order valence-electron chi connectivity index (χ1n) is 6.31. The molecule has 0 aromatic rings. The Kier molecular flexibility index (Phi) is 3.71. The largest absolute Gasteiger partial charge is 0.335 e. The Morgan fingerprint density at radius 1 is 1.19 bits per heavy atom. The molecule has 1 heterocycles. The number of carbonyl (C=O) groups excluding carboxylic acids is 1. The summed E-state index contributed by atoms with van der Waals surface area (Å²) in [5.41, 5.74) is 0. The molecule has 1 saturated carbocycles. The minimum absolute atomic E-state index is 0.113. The van der Waals surface area contributed by atoms with Crippen LogP contribution in [0, 0.1) is 18.3 Å². The second-order valence-electron chi connectivity index (χ2n) is 4.86. The van der Waals surface area contributed by atoms with Gasteiger partial charge in [-0.15, -0.1) is 12.3 Å². The van der Waals surface area contributed by atoms with Crippen LogP contribution in [-0.4, -0.2) is 30.1 Å². The molecule has 16 heavy (non-hydrogen) atoms. The molecule has 2 amide bonds. The van der Waals surface area contributed by atoms with Crippen molar-refractivity contribution in [3.8, 4) is 12.3 Å². The summed E-state index contributed by atoms with van der Waals surface area (Å²) in [6.07, 6.45) is 12.1. The second kappa shape index (κ2) is 5.25. The van der Waals surface area contributed by atoms with Gasteiger partial charge in [-0.3, -0.25) is 0 Å². The van der Waals surface area contributed by atoms with Crippen LogP contribution in [0.1, 0.15) is 38.5 Å². The number of carbonyl (C=O) groups is 1. The Morgan fingerprint density at radius 2 is 1.81 bits per heavy atom. The maximum atomic E-state index is 11.9. The predicted molar refractivity (Wildman–Crippen MR) is 63.9 cm³/mol. The number of hydrogen-bond acceptors (Lipinski definition) is 1. The molecule has 0 unspecified atom stereocenters. The van der Waals surface area contributed by atoms with E-state index >= 15 is 0 Å². The third-order valence-corrected chi connectivity index (χ3v) is 3.70. The summed E-state index contributed by atoms with van der Waals surface area (Å²) < 4.78 is 0. The van der Waals surface area contributed by atoms with Gasteiger partial charge in [0, 0.05) is 25.0 Å². The van der Waals surface area contributed by atoms with E-state index in [-0.39, 0.29) is 6.03 Å². The molecule has 0 bridgehead atoms. The summed E-state index contributed by atoms with van der Waals surface area (Å²) in [5, 5.41) is 3.12. The Morgan fingerprint density at radius 3 is 2.38 bits per heavy atom. The first-order valence-corrected chi connectivity index (χ1v) is 6.31. The van der Waals surface area contributed by atoms with Crippen molar-refractivity contribution >= 4 is 6.03 Å². The molecule has 2 rings (SSSR count). The van der Waals surface area contributed by atoms with E-state index in [4.69, 9.17) is 6.42 Å². The number of terminal acetylenes is 1. The van der Waals surface area contributed by atoms with E-state index in [1.165, 1.54) is 12.8 Å². The molecule has 3 heteroatoms. The zero-order chi connectivity index (χ0) is 11.4. The number of urea groups is 1. The molecule has 88 valence electrons. The monoisotopic (exact) mass is 220 g/mol. The van der Waals surface area contributed by atoms with Crippen LogP contribution < -0.4 is 5.32 Å². The molecule has 0 radical (unpaired) electrons. The van der Waals surface area contributed by atoms with Gasteiger partial charge in [-0.05, 0) is 25.7 Å². The average molecular weight is 220 g/mol. The molecular formula is C13H20N2O. The highest BCUT2D eigenvalue weighted by Crippen LogP contribution is 2.19. The first kappa shape index (κ1) is 11.3. The van der Waals surface area contributed by atoms with Gasteiger partial charge in [0.2, 0.25) is 0 Å². The predicted octanol–water partition coefficient (Wildman–Crippen LogP) is 1.98. The molecule has 0 aromatic carbocycles. The molecule has 0 spiro atoms. The number of rotatable bonds is 1. The standard InChI is InChI=1S/C13H20N2O/c1-2-11-7-9-15(10-8-11)13(16)14-12-5-3-4-6-12/h1,11-12H,3-10H2,(H,14,16). The minimum atomic E-state index is 0.113.